The van der Waals surface area contributed by atoms with Gasteiger partial charge in [-0.05, 0) is 12.5 Å². The summed E-state index contributed by atoms with van der Waals surface area (Å²) < 4.78 is 10.2. The Morgan fingerprint density at radius 3 is 2.52 bits per heavy atom. The second kappa shape index (κ2) is 5.45. The van der Waals surface area contributed by atoms with E-state index in [-0.39, 0.29) is 5.56 Å². The van der Waals surface area contributed by atoms with E-state index < -0.39 is 52.2 Å². The zero-order chi connectivity index (χ0) is 17.5. The first kappa shape index (κ1) is 16.6. The van der Waals surface area contributed by atoms with Crippen LogP contribution in [0, 0.1) is 5.92 Å². The van der Waals surface area contributed by atoms with Crippen molar-refractivity contribution >= 4 is 17.9 Å². The number of esters is 2. The van der Waals surface area contributed by atoms with Gasteiger partial charge in [0, 0.05) is 6.92 Å². The number of carboxylic acid groups (broad SMARTS) is 1. The van der Waals surface area contributed by atoms with Gasteiger partial charge in [-0.2, -0.15) is 0 Å². The summed E-state index contributed by atoms with van der Waals surface area (Å²) in [6.07, 6.45) is 0.504. The molecule has 23 heavy (non-hydrogen) atoms. The number of carbonyl (C=O) groups excluding carboxylic acids is 2. The van der Waals surface area contributed by atoms with Crippen molar-refractivity contribution in [1.82, 2.24) is 0 Å². The van der Waals surface area contributed by atoms with Gasteiger partial charge in [-0.15, -0.1) is 0 Å². The van der Waals surface area contributed by atoms with E-state index in [1.807, 2.05) is 0 Å². The fraction of sp³-hybridized carbons (Fsp3) is 0.400. The SMILES string of the molecule is CC[C@@H](C)C(=O)O[C@]1(C)OC(=O)c2c1cc(O)c(C(=O)O)c2O. The summed E-state index contributed by atoms with van der Waals surface area (Å²) in [5.74, 6) is -7.27. The minimum absolute atomic E-state index is 0.112. The third-order valence-corrected chi connectivity index (χ3v) is 3.78. The maximum Gasteiger partial charge on any atom is 0.346 e. The second-order valence-corrected chi connectivity index (χ2v) is 5.41. The summed E-state index contributed by atoms with van der Waals surface area (Å²) >= 11 is 0. The van der Waals surface area contributed by atoms with Crippen LogP contribution in [0.1, 0.15) is 53.5 Å². The molecular weight excluding hydrogens is 308 g/mol. The number of rotatable bonds is 4. The summed E-state index contributed by atoms with van der Waals surface area (Å²) in [5.41, 5.74) is -1.38. The second-order valence-electron chi connectivity index (χ2n) is 5.41. The summed E-state index contributed by atoms with van der Waals surface area (Å²) in [4.78, 5) is 35.0. The van der Waals surface area contributed by atoms with Gasteiger partial charge in [0.05, 0.1) is 11.5 Å². The number of phenols is 2. The van der Waals surface area contributed by atoms with Crippen molar-refractivity contribution < 1.29 is 39.2 Å². The average Bonchev–Trinajstić information content (AvgIpc) is 2.68. The van der Waals surface area contributed by atoms with E-state index in [0.29, 0.717) is 6.42 Å². The van der Waals surface area contributed by atoms with Crippen molar-refractivity contribution in [1.29, 1.82) is 0 Å². The molecule has 1 aliphatic rings. The molecule has 0 radical (unpaired) electrons. The van der Waals surface area contributed by atoms with Gasteiger partial charge in [0.2, 0.25) is 0 Å². The Kier molecular flexibility index (Phi) is 3.94. The topological polar surface area (TPSA) is 130 Å². The van der Waals surface area contributed by atoms with Crippen molar-refractivity contribution in [3.05, 3.63) is 22.8 Å². The van der Waals surface area contributed by atoms with Crippen LogP contribution in [0.5, 0.6) is 11.5 Å². The lowest BCUT2D eigenvalue weighted by molar-refractivity contribution is -0.206. The van der Waals surface area contributed by atoms with Crippen LogP contribution in [0.3, 0.4) is 0 Å². The molecule has 2 rings (SSSR count). The lowest BCUT2D eigenvalue weighted by Crippen LogP contribution is -2.31. The number of aromatic hydroxyl groups is 2. The first-order valence-electron chi connectivity index (χ1n) is 6.91. The van der Waals surface area contributed by atoms with Crippen molar-refractivity contribution in [2.24, 2.45) is 5.92 Å². The smallest absolute Gasteiger partial charge is 0.346 e. The maximum atomic E-state index is 12.0. The number of carbonyl (C=O) groups is 3. The van der Waals surface area contributed by atoms with Crippen molar-refractivity contribution in [2.45, 2.75) is 33.0 Å². The molecule has 1 aromatic rings. The number of ether oxygens (including phenoxy) is 2. The predicted octanol–water partition coefficient (Wildman–Crippen LogP) is 1.73. The van der Waals surface area contributed by atoms with E-state index >= 15 is 0 Å². The Morgan fingerprint density at radius 2 is 2.00 bits per heavy atom. The fourth-order valence-electron chi connectivity index (χ4n) is 2.25. The largest absolute Gasteiger partial charge is 0.507 e. The molecule has 0 aliphatic carbocycles. The zero-order valence-corrected chi connectivity index (χ0v) is 12.7. The highest BCUT2D eigenvalue weighted by Gasteiger charge is 2.49. The van der Waals surface area contributed by atoms with Gasteiger partial charge in [-0.25, -0.2) is 9.59 Å². The van der Waals surface area contributed by atoms with E-state index in [2.05, 4.69) is 0 Å². The minimum atomic E-state index is -1.85. The van der Waals surface area contributed by atoms with E-state index in [4.69, 9.17) is 14.6 Å². The molecule has 0 saturated heterocycles. The average molecular weight is 324 g/mol. The number of hydrogen-bond acceptors (Lipinski definition) is 7. The molecule has 0 amide bonds. The van der Waals surface area contributed by atoms with Crippen LogP contribution in [-0.2, 0) is 20.1 Å². The number of aromatic carboxylic acids is 1. The molecule has 0 saturated carbocycles. The lowest BCUT2D eigenvalue weighted by Gasteiger charge is -2.25. The summed E-state index contributed by atoms with van der Waals surface area (Å²) in [5, 5.41) is 28.7. The summed E-state index contributed by atoms with van der Waals surface area (Å²) in [6.45, 7) is 4.68. The van der Waals surface area contributed by atoms with E-state index in [0.717, 1.165) is 6.07 Å². The monoisotopic (exact) mass is 324 g/mol. The van der Waals surface area contributed by atoms with Crippen molar-refractivity contribution in [3.63, 3.8) is 0 Å². The first-order chi connectivity index (χ1) is 10.6. The molecular formula is C15H16O8. The number of carboxylic acids is 1. The van der Waals surface area contributed by atoms with Gasteiger partial charge in [0.15, 0.2) is 0 Å². The number of cyclic esters (lactones) is 1. The molecule has 0 fully saturated rings. The Hall–Kier alpha value is -2.77. The highest BCUT2D eigenvalue weighted by atomic mass is 16.7. The third-order valence-electron chi connectivity index (χ3n) is 3.78. The minimum Gasteiger partial charge on any atom is -0.507 e. The highest BCUT2D eigenvalue weighted by Crippen LogP contribution is 2.46. The lowest BCUT2D eigenvalue weighted by atomic mass is 9.98. The molecule has 2 atom stereocenters. The molecule has 1 aromatic carbocycles. The molecule has 8 heteroatoms. The summed E-state index contributed by atoms with van der Waals surface area (Å²) in [6, 6.07) is 0.938. The van der Waals surface area contributed by atoms with Gasteiger partial charge in [-0.1, -0.05) is 13.8 Å². The van der Waals surface area contributed by atoms with Crippen LogP contribution in [0.2, 0.25) is 0 Å². The van der Waals surface area contributed by atoms with Crippen LogP contribution in [0.4, 0.5) is 0 Å². The molecule has 0 unspecified atom stereocenters. The molecule has 1 heterocycles. The highest BCUT2D eigenvalue weighted by molar-refractivity contribution is 6.04. The van der Waals surface area contributed by atoms with Gasteiger partial charge in [-0.3, -0.25) is 4.79 Å². The van der Waals surface area contributed by atoms with Crippen LogP contribution in [-0.4, -0.2) is 33.2 Å². The van der Waals surface area contributed by atoms with Gasteiger partial charge >= 0.3 is 17.9 Å². The number of hydrogen-bond donors (Lipinski definition) is 3. The third kappa shape index (κ3) is 2.56. The molecule has 1 aliphatic heterocycles. The molecule has 124 valence electrons. The fourth-order valence-corrected chi connectivity index (χ4v) is 2.25. The predicted molar refractivity (Wildman–Crippen MR) is 75.0 cm³/mol. The van der Waals surface area contributed by atoms with Gasteiger partial charge in [0.25, 0.3) is 5.79 Å². The van der Waals surface area contributed by atoms with E-state index in [1.54, 1.807) is 13.8 Å². The standard InChI is InChI=1S/C15H16O8/c1-4-6(2)13(20)22-15(3)7-5-8(16)10(12(18)19)11(17)9(7)14(21)23-15/h5-6,16-17H,4H2,1-3H3,(H,18,19)/t6-,15-/m1/s1. The Labute approximate surface area is 131 Å². The van der Waals surface area contributed by atoms with E-state index in [9.17, 15) is 24.6 Å². The molecule has 3 N–H and O–H groups in total. The van der Waals surface area contributed by atoms with Crippen molar-refractivity contribution in [2.75, 3.05) is 0 Å². The summed E-state index contributed by atoms with van der Waals surface area (Å²) in [7, 11) is 0. The molecule has 0 spiro atoms. The Bertz CT molecular complexity index is 708. The van der Waals surface area contributed by atoms with Crippen LogP contribution in [0.15, 0.2) is 6.07 Å². The molecule has 8 nitrogen and oxygen atoms in total. The Morgan fingerprint density at radius 1 is 1.39 bits per heavy atom. The quantitative estimate of drug-likeness (QED) is 0.714. The normalized spacial score (nSPS) is 20.6. The van der Waals surface area contributed by atoms with Gasteiger partial charge < -0.3 is 24.8 Å². The van der Waals surface area contributed by atoms with Crippen LogP contribution < -0.4 is 0 Å². The van der Waals surface area contributed by atoms with Crippen molar-refractivity contribution in [3.8, 4) is 11.5 Å². The van der Waals surface area contributed by atoms with Crippen LogP contribution in [0.25, 0.3) is 0 Å². The Balaban J connectivity index is 2.55. The maximum absolute atomic E-state index is 12.0. The molecule has 0 bridgehead atoms. The first-order valence-corrected chi connectivity index (χ1v) is 6.91. The molecule has 0 aromatic heterocycles. The number of fused-ring (bicyclic) bond motifs is 1. The van der Waals surface area contributed by atoms with E-state index in [1.165, 1.54) is 6.92 Å². The number of benzene rings is 1. The van der Waals surface area contributed by atoms with Gasteiger partial charge in [0.1, 0.15) is 22.6 Å². The van der Waals surface area contributed by atoms with Crippen LogP contribution >= 0.6 is 0 Å². The zero-order valence-electron chi connectivity index (χ0n) is 12.7.